The van der Waals surface area contributed by atoms with E-state index in [0.29, 0.717) is 6.04 Å². The third kappa shape index (κ3) is 2.56. The lowest BCUT2D eigenvalue weighted by Gasteiger charge is -2.39. The van der Waals surface area contributed by atoms with Crippen LogP contribution in [0.3, 0.4) is 0 Å². The lowest BCUT2D eigenvalue weighted by molar-refractivity contribution is -0.0740. The maximum atomic E-state index is 6.10. The molecule has 0 saturated carbocycles. The van der Waals surface area contributed by atoms with E-state index >= 15 is 0 Å². The molecule has 2 heterocycles. The highest BCUT2D eigenvalue weighted by Crippen LogP contribution is 2.43. The van der Waals surface area contributed by atoms with Crippen LogP contribution in [-0.4, -0.2) is 29.8 Å². The number of nitrogens with two attached hydrogens (primary N) is 1. The number of rotatable bonds is 1. The molecular weight excluding hydrogens is 230 g/mol. The Morgan fingerprint density at radius 1 is 1.41 bits per heavy atom. The summed E-state index contributed by atoms with van der Waals surface area (Å²) in [4.78, 5) is 0. The number of allylic oxidation sites excluding steroid dienone is 1. The molecule has 2 nitrogen and oxygen atoms in total. The summed E-state index contributed by atoms with van der Waals surface area (Å²) in [5, 5.41) is 0. The van der Waals surface area contributed by atoms with Gasteiger partial charge >= 0.3 is 0 Å². The molecule has 2 N–H and O–H groups in total. The first-order valence-corrected chi connectivity index (χ1v) is 8.09. The average Bonchev–Trinajstić information content (AvgIpc) is 2.78. The van der Waals surface area contributed by atoms with Gasteiger partial charge in [0, 0.05) is 18.4 Å². The molecule has 17 heavy (non-hydrogen) atoms. The van der Waals surface area contributed by atoms with Crippen LogP contribution < -0.4 is 5.73 Å². The van der Waals surface area contributed by atoms with Crippen LogP contribution in [0.1, 0.15) is 38.5 Å². The minimum Gasteiger partial charge on any atom is -0.374 e. The van der Waals surface area contributed by atoms with Crippen LogP contribution in [0.4, 0.5) is 0 Å². The normalized spacial score (nSPS) is 42.8. The molecule has 2 fully saturated rings. The van der Waals surface area contributed by atoms with E-state index in [2.05, 4.69) is 17.8 Å². The Hall–Kier alpha value is 0.01000. The van der Waals surface area contributed by atoms with Crippen molar-refractivity contribution in [2.75, 3.05) is 18.1 Å². The first kappa shape index (κ1) is 12.1. The zero-order valence-electron chi connectivity index (χ0n) is 10.5. The van der Waals surface area contributed by atoms with Crippen LogP contribution in [0.5, 0.6) is 0 Å². The van der Waals surface area contributed by atoms with Gasteiger partial charge < -0.3 is 10.5 Å². The summed E-state index contributed by atoms with van der Waals surface area (Å²) in [7, 11) is 0. The molecule has 3 rings (SSSR count). The molecule has 0 bridgehead atoms. The predicted octanol–water partition coefficient (Wildman–Crippen LogP) is 2.73. The van der Waals surface area contributed by atoms with Crippen molar-refractivity contribution in [2.45, 2.75) is 50.2 Å². The second kappa shape index (κ2) is 4.94. The molecule has 2 aliphatic heterocycles. The van der Waals surface area contributed by atoms with Gasteiger partial charge in [-0.05, 0) is 50.2 Å². The second-order valence-corrected chi connectivity index (χ2v) is 6.94. The van der Waals surface area contributed by atoms with Gasteiger partial charge in [-0.1, -0.05) is 11.6 Å². The Kier molecular flexibility index (Phi) is 3.51. The molecule has 1 spiro atoms. The van der Waals surface area contributed by atoms with Gasteiger partial charge in [0.15, 0.2) is 0 Å². The summed E-state index contributed by atoms with van der Waals surface area (Å²) in [6.07, 6.45) is 9.70. The van der Waals surface area contributed by atoms with Crippen LogP contribution in [-0.2, 0) is 4.74 Å². The van der Waals surface area contributed by atoms with E-state index in [9.17, 15) is 0 Å². The molecule has 96 valence electrons. The largest absolute Gasteiger partial charge is 0.374 e. The van der Waals surface area contributed by atoms with Crippen molar-refractivity contribution in [3.63, 3.8) is 0 Å². The quantitative estimate of drug-likeness (QED) is 0.730. The van der Waals surface area contributed by atoms with Crippen molar-refractivity contribution >= 4 is 11.8 Å². The van der Waals surface area contributed by atoms with Gasteiger partial charge in [-0.15, -0.1) is 0 Å². The van der Waals surface area contributed by atoms with E-state index in [4.69, 9.17) is 10.5 Å². The molecule has 0 aromatic rings. The molecule has 0 amide bonds. The Bertz CT molecular complexity index is 309. The van der Waals surface area contributed by atoms with Gasteiger partial charge in [0.1, 0.15) is 0 Å². The Morgan fingerprint density at radius 3 is 3.06 bits per heavy atom. The summed E-state index contributed by atoms with van der Waals surface area (Å²) < 4.78 is 6.10. The van der Waals surface area contributed by atoms with Gasteiger partial charge in [-0.2, -0.15) is 11.8 Å². The first-order valence-electron chi connectivity index (χ1n) is 6.94. The van der Waals surface area contributed by atoms with Gasteiger partial charge in [0.2, 0.25) is 0 Å². The number of hydrogen-bond acceptors (Lipinski definition) is 3. The molecule has 3 heteroatoms. The van der Waals surface area contributed by atoms with E-state index in [0.717, 1.165) is 18.9 Å². The zero-order valence-corrected chi connectivity index (χ0v) is 11.3. The Labute approximate surface area is 108 Å². The average molecular weight is 253 g/mol. The summed E-state index contributed by atoms with van der Waals surface area (Å²) in [5.41, 5.74) is 7.89. The molecule has 0 aromatic heterocycles. The number of hydrogen-bond donors (Lipinski definition) is 1. The van der Waals surface area contributed by atoms with Gasteiger partial charge in [-0.3, -0.25) is 0 Å². The third-order valence-corrected chi connectivity index (χ3v) is 5.79. The standard InChI is InChI=1S/C14H23NOS/c15-13-3-1-11(2-4-13)12-5-7-16-14(9-12)6-8-17-10-14/h1,12-13H,2-10,15H2. The molecule has 2 saturated heterocycles. The highest BCUT2D eigenvalue weighted by atomic mass is 32.2. The van der Waals surface area contributed by atoms with Crippen LogP contribution in [0, 0.1) is 5.92 Å². The van der Waals surface area contributed by atoms with E-state index in [1.807, 2.05) is 0 Å². The fourth-order valence-corrected chi connectivity index (χ4v) is 4.83. The molecule has 1 aliphatic carbocycles. The molecule has 3 aliphatic rings. The van der Waals surface area contributed by atoms with Crippen LogP contribution in [0.25, 0.3) is 0 Å². The molecule has 3 unspecified atom stereocenters. The maximum Gasteiger partial charge on any atom is 0.0786 e. The maximum absolute atomic E-state index is 6.10. The van der Waals surface area contributed by atoms with E-state index in [1.54, 1.807) is 5.57 Å². The van der Waals surface area contributed by atoms with Crippen molar-refractivity contribution in [3.05, 3.63) is 11.6 Å². The first-order chi connectivity index (χ1) is 8.27. The fraction of sp³-hybridized carbons (Fsp3) is 0.857. The van der Waals surface area contributed by atoms with Gasteiger partial charge in [0.25, 0.3) is 0 Å². The minimum absolute atomic E-state index is 0.230. The fourth-order valence-electron chi connectivity index (χ4n) is 3.45. The van der Waals surface area contributed by atoms with Crippen LogP contribution >= 0.6 is 11.8 Å². The number of ether oxygens (including phenoxy) is 1. The van der Waals surface area contributed by atoms with Crippen LogP contribution in [0.15, 0.2) is 11.6 Å². The van der Waals surface area contributed by atoms with E-state index < -0.39 is 0 Å². The molecule has 3 atom stereocenters. The SMILES string of the molecule is NC1CC=C(C2CCOC3(CCSC3)C2)CC1. The predicted molar refractivity (Wildman–Crippen MR) is 73.3 cm³/mol. The van der Waals surface area contributed by atoms with E-state index in [-0.39, 0.29) is 5.60 Å². The summed E-state index contributed by atoms with van der Waals surface area (Å²) in [6, 6.07) is 0.412. The van der Waals surface area contributed by atoms with Gasteiger partial charge in [0.05, 0.1) is 5.60 Å². The Balaban J connectivity index is 1.67. The van der Waals surface area contributed by atoms with Crippen molar-refractivity contribution in [3.8, 4) is 0 Å². The minimum atomic E-state index is 0.230. The molecule has 0 radical (unpaired) electrons. The van der Waals surface area contributed by atoms with Crippen LogP contribution in [0.2, 0.25) is 0 Å². The van der Waals surface area contributed by atoms with Crippen molar-refractivity contribution in [1.82, 2.24) is 0 Å². The smallest absolute Gasteiger partial charge is 0.0786 e. The summed E-state index contributed by atoms with van der Waals surface area (Å²) in [5.74, 6) is 3.29. The highest BCUT2D eigenvalue weighted by molar-refractivity contribution is 7.99. The summed E-state index contributed by atoms with van der Waals surface area (Å²) in [6.45, 7) is 0.967. The summed E-state index contributed by atoms with van der Waals surface area (Å²) >= 11 is 2.06. The molecular formula is C14H23NOS. The molecule has 0 aromatic carbocycles. The van der Waals surface area contributed by atoms with Gasteiger partial charge in [-0.25, -0.2) is 0 Å². The highest BCUT2D eigenvalue weighted by Gasteiger charge is 2.41. The Morgan fingerprint density at radius 2 is 2.35 bits per heavy atom. The zero-order chi connectivity index (χ0) is 11.7. The van der Waals surface area contributed by atoms with Crippen molar-refractivity contribution in [2.24, 2.45) is 11.7 Å². The lowest BCUT2D eigenvalue weighted by Crippen LogP contribution is -2.40. The third-order valence-electron chi connectivity index (χ3n) is 4.57. The monoisotopic (exact) mass is 253 g/mol. The van der Waals surface area contributed by atoms with E-state index in [1.165, 1.54) is 43.6 Å². The lowest BCUT2D eigenvalue weighted by atomic mass is 9.77. The van der Waals surface area contributed by atoms with Crippen molar-refractivity contribution < 1.29 is 4.74 Å². The number of thioether (sulfide) groups is 1. The second-order valence-electron chi connectivity index (χ2n) is 5.84. The van der Waals surface area contributed by atoms with Crippen molar-refractivity contribution in [1.29, 1.82) is 0 Å². The topological polar surface area (TPSA) is 35.2 Å².